The van der Waals surface area contributed by atoms with Gasteiger partial charge in [0, 0.05) is 26.7 Å². The van der Waals surface area contributed by atoms with Gasteiger partial charge in [-0.2, -0.15) is 0 Å². The number of nitrogens with zero attached hydrogens (tertiary/aromatic N) is 3. The molecule has 8 nitrogen and oxygen atoms in total. The van der Waals surface area contributed by atoms with Gasteiger partial charge in [-0.25, -0.2) is 18.2 Å². The summed E-state index contributed by atoms with van der Waals surface area (Å²) in [7, 11) is -2.09. The topological polar surface area (TPSA) is 93.5 Å². The second-order valence-corrected chi connectivity index (χ2v) is 9.86. The number of hydrogen-bond donors (Lipinski definition) is 1. The second kappa shape index (κ2) is 11.3. The van der Waals surface area contributed by atoms with Gasteiger partial charge in [0.1, 0.15) is 0 Å². The first-order chi connectivity index (χ1) is 14.7. The maximum atomic E-state index is 13.3. The Morgan fingerprint density at radius 2 is 2.00 bits per heavy atom. The van der Waals surface area contributed by atoms with Crippen molar-refractivity contribution in [3.63, 3.8) is 0 Å². The van der Waals surface area contributed by atoms with Crippen LogP contribution >= 0.6 is 0 Å². The van der Waals surface area contributed by atoms with E-state index < -0.39 is 9.84 Å². The third-order valence-electron chi connectivity index (χ3n) is 4.87. The number of sulfone groups is 1. The van der Waals surface area contributed by atoms with Gasteiger partial charge in [0.2, 0.25) is 15.0 Å². The number of benzene rings is 1. The molecule has 0 atom stereocenters. The highest BCUT2D eigenvalue weighted by molar-refractivity contribution is 7.90. The lowest BCUT2D eigenvalue weighted by molar-refractivity contribution is 0.145. The van der Waals surface area contributed by atoms with Gasteiger partial charge in [-0.1, -0.05) is 38.1 Å². The number of aromatic nitrogens is 2. The minimum atomic E-state index is -3.67. The molecule has 1 aromatic heterocycles. The van der Waals surface area contributed by atoms with Crippen LogP contribution in [0.5, 0.6) is 0 Å². The number of methoxy groups -OCH3 is 1. The highest BCUT2D eigenvalue weighted by Crippen LogP contribution is 2.21. The SMILES string of the molecule is CCNC(=O)N(CCOC)Cc1cnc(S(=O)(=O)Cc2ccccc2C)n1CC(C)C. The van der Waals surface area contributed by atoms with Crippen LogP contribution in [0.1, 0.15) is 37.6 Å². The molecule has 0 bridgehead atoms. The number of carbonyl (C=O) groups is 1. The molecule has 31 heavy (non-hydrogen) atoms. The third-order valence-corrected chi connectivity index (χ3v) is 6.44. The first-order valence-corrected chi connectivity index (χ1v) is 12.2. The summed E-state index contributed by atoms with van der Waals surface area (Å²) in [5.74, 6) is 0.0926. The molecule has 2 amide bonds. The van der Waals surface area contributed by atoms with Gasteiger partial charge in [-0.05, 0) is 30.9 Å². The average molecular weight is 451 g/mol. The number of carbonyl (C=O) groups excluding carboxylic acids is 1. The van der Waals surface area contributed by atoms with E-state index in [-0.39, 0.29) is 29.4 Å². The minimum Gasteiger partial charge on any atom is -0.383 e. The molecule has 1 heterocycles. The zero-order valence-corrected chi connectivity index (χ0v) is 19.9. The van der Waals surface area contributed by atoms with Crippen LogP contribution in [0.4, 0.5) is 4.79 Å². The van der Waals surface area contributed by atoms with Crippen molar-refractivity contribution in [1.82, 2.24) is 19.8 Å². The number of nitrogens with one attached hydrogen (secondary N) is 1. The monoisotopic (exact) mass is 450 g/mol. The summed E-state index contributed by atoms with van der Waals surface area (Å²) in [6.45, 7) is 9.81. The molecule has 2 aromatic rings. The first kappa shape index (κ1) is 24.9. The molecule has 1 aromatic carbocycles. The Morgan fingerprint density at radius 1 is 1.29 bits per heavy atom. The van der Waals surface area contributed by atoms with E-state index in [0.717, 1.165) is 11.1 Å². The fourth-order valence-corrected chi connectivity index (χ4v) is 4.88. The summed E-state index contributed by atoms with van der Waals surface area (Å²) < 4.78 is 33.4. The Labute approximate surface area is 185 Å². The van der Waals surface area contributed by atoms with Crippen molar-refractivity contribution in [2.45, 2.75) is 51.7 Å². The largest absolute Gasteiger partial charge is 0.383 e. The molecule has 0 saturated heterocycles. The van der Waals surface area contributed by atoms with Crippen LogP contribution in [0.25, 0.3) is 0 Å². The Kier molecular flexibility index (Phi) is 9.06. The Balaban J connectivity index is 2.39. The van der Waals surface area contributed by atoms with Crippen LogP contribution in [0, 0.1) is 12.8 Å². The summed E-state index contributed by atoms with van der Waals surface area (Å²) in [6.07, 6.45) is 1.56. The molecule has 0 aliphatic heterocycles. The third kappa shape index (κ3) is 6.80. The smallest absolute Gasteiger partial charge is 0.317 e. The molecular weight excluding hydrogens is 416 g/mol. The predicted molar refractivity (Wildman–Crippen MR) is 120 cm³/mol. The van der Waals surface area contributed by atoms with Crippen LogP contribution < -0.4 is 5.32 Å². The van der Waals surface area contributed by atoms with Crippen LogP contribution in [-0.2, 0) is 33.4 Å². The standard InChI is InChI=1S/C22H34N4O4S/c1-6-23-21(27)25(11-12-30-5)15-20-13-24-22(26(20)14-17(2)3)31(28,29)16-19-10-8-7-9-18(19)4/h7-10,13,17H,6,11-12,14-16H2,1-5H3,(H,23,27). The van der Waals surface area contributed by atoms with Gasteiger partial charge >= 0.3 is 6.03 Å². The van der Waals surface area contributed by atoms with Gasteiger partial charge < -0.3 is 19.5 Å². The summed E-state index contributed by atoms with van der Waals surface area (Å²) in [4.78, 5) is 18.4. The molecule has 0 radical (unpaired) electrons. The zero-order chi connectivity index (χ0) is 23.0. The Bertz CT molecular complexity index is 970. The van der Waals surface area contributed by atoms with E-state index in [1.807, 2.05) is 52.0 Å². The summed E-state index contributed by atoms with van der Waals surface area (Å²) >= 11 is 0. The predicted octanol–water partition coefficient (Wildman–Crippen LogP) is 3.00. The number of urea groups is 1. The molecule has 172 valence electrons. The number of aryl methyl sites for hydroxylation is 1. The Morgan fingerprint density at radius 3 is 2.61 bits per heavy atom. The highest BCUT2D eigenvalue weighted by Gasteiger charge is 2.26. The van der Waals surface area contributed by atoms with E-state index in [1.165, 1.54) is 0 Å². The molecule has 0 fully saturated rings. The number of amides is 2. The Hall–Kier alpha value is -2.39. The molecular formula is C22H34N4O4S. The van der Waals surface area contributed by atoms with Crippen molar-refractivity contribution in [3.8, 4) is 0 Å². The first-order valence-electron chi connectivity index (χ1n) is 10.5. The van der Waals surface area contributed by atoms with Gasteiger partial charge in [0.25, 0.3) is 0 Å². The van der Waals surface area contributed by atoms with E-state index >= 15 is 0 Å². The number of imidazole rings is 1. The molecule has 0 aliphatic rings. The number of hydrogen-bond acceptors (Lipinski definition) is 5. The lowest BCUT2D eigenvalue weighted by Gasteiger charge is -2.24. The van der Waals surface area contributed by atoms with E-state index in [2.05, 4.69) is 10.3 Å². The van der Waals surface area contributed by atoms with Gasteiger partial charge in [-0.15, -0.1) is 0 Å². The second-order valence-electron chi connectivity index (χ2n) is 7.97. The molecule has 2 rings (SSSR count). The molecule has 0 saturated carbocycles. The minimum absolute atomic E-state index is 0.0436. The van der Waals surface area contributed by atoms with Crippen molar-refractivity contribution in [2.24, 2.45) is 5.92 Å². The number of ether oxygens (including phenoxy) is 1. The van der Waals surface area contributed by atoms with E-state index in [4.69, 9.17) is 4.74 Å². The summed E-state index contributed by atoms with van der Waals surface area (Å²) in [5, 5.41) is 2.84. The van der Waals surface area contributed by atoms with Crippen LogP contribution in [0.3, 0.4) is 0 Å². The molecule has 0 aliphatic carbocycles. The van der Waals surface area contributed by atoms with Crippen molar-refractivity contribution >= 4 is 15.9 Å². The fraction of sp³-hybridized carbons (Fsp3) is 0.545. The highest BCUT2D eigenvalue weighted by atomic mass is 32.2. The zero-order valence-electron chi connectivity index (χ0n) is 19.1. The van der Waals surface area contributed by atoms with Crippen LogP contribution in [0.2, 0.25) is 0 Å². The van der Waals surface area contributed by atoms with E-state index in [9.17, 15) is 13.2 Å². The normalized spacial score (nSPS) is 11.7. The maximum Gasteiger partial charge on any atom is 0.317 e. The molecule has 0 unspecified atom stereocenters. The molecule has 1 N–H and O–H groups in total. The molecule has 0 spiro atoms. The fourth-order valence-electron chi connectivity index (χ4n) is 3.28. The van der Waals surface area contributed by atoms with Crippen LogP contribution in [0.15, 0.2) is 35.6 Å². The quantitative estimate of drug-likeness (QED) is 0.568. The van der Waals surface area contributed by atoms with Crippen molar-refractivity contribution in [3.05, 3.63) is 47.3 Å². The van der Waals surface area contributed by atoms with E-state index in [1.54, 1.807) is 22.8 Å². The maximum absolute atomic E-state index is 13.3. The van der Waals surface area contributed by atoms with Gasteiger partial charge in [0.05, 0.1) is 30.8 Å². The summed E-state index contributed by atoms with van der Waals surface area (Å²) in [6, 6.07) is 7.23. The lowest BCUT2D eigenvalue weighted by atomic mass is 10.1. The van der Waals surface area contributed by atoms with Crippen molar-refractivity contribution in [2.75, 3.05) is 26.8 Å². The van der Waals surface area contributed by atoms with Gasteiger partial charge in [-0.3, -0.25) is 0 Å². The van der Waals surface area contributed by atoms with Gasteiger partial charge in [0.15, 0.2) is 0 Å². The lowest BCUT2D eigenvalue weighted by Crippen LogP contribution is -2.41. The van der Waals surface area contributed by atoms with E-state index in [0.29, 0.717) is 31.9 Å². The summed E-state index contributed by atoms with van der Waals surface area (Å²) in [5.41, 5.74) is 2.36. The number of rotatable bonds is 11. The molecule has 9 heteroatoms. The average Bonchev–Trinajstić information content (AvgIpc) is 3.09. The van der Waals surface area contributed by atoms with Crippen molar-refractivity contribution < 1.29 is 17.9 Å². The van der Waals surface area contributed by atoms with Crippen molar-refractivity contribution in [1.29, 1.82) is 0 Å². The van der Waals surface area contributed by atoms with Crippen LogP contribution in [-0.4, -0.2) is 55.7 Å².